The minimum absolute atomic E-state index is 0.360. The molecule has 0 aliphatic carbocycles. The second kappa shape index (κ2) is 6.51. The topological polar surface area (TPSA) is 12.0 Å². The third kappa shape index (κ3) is 4.61. The Labute approximate surface area is 116 Å². The lowest BCUT2D eigenvalue weighted by atomic mass is 9.88. The Balaban J connectivity index is 1.91. The Kier molecular flexibility index (Phi) is 4.98. The molecule has 0 aromatic heterocycles. The summed E-state index contributed by atoms with van der Waals surface area (Å²) in [6.45, 7) is 4.94. The highest BCUT2D eigenvalue weighted by Crippen LogP contribution is 2.26. The van der Waals surface area contributed by atoms with Gasteiger partial charge in [-0.2, -0.15) is 0 Å². The molecule has 0 saturated carbocycles. The monoisotopic (exact) mass is 263 g/mol. The summed E-state index contributed by atoms with van der Waals surface area (Å²) in [6, 6.07) is 8.74. The molecule has 1 heterocycles. The van der Waals surface area contributed by atoms with Crippen molar-refractivity contribution in [3.8, 4) is 0 Å². The molecule has 106 valence electrons. The first kappa shape index (κ1) is 14.5. The Morgan fingerprint density at radius 1 is 1.21 bits per heavy atom. The normalized spacial score (nSPS) is 23.0. The first-order valence-corrected chi connectivity index (χ1v) is 7.59. The molecule has 19 heavy (non-hydrogen) atoms. The summed E-state index contributed by atoms with van der Waals surface area (Å²) in [5, 5.41) is 3.44. The molecule has 1 aliphatic heterocycles. The summed E-state index contributed by atoms with van der Waals surface area (Å²) in [6.07, 6.45) is 5.78. The molecule has 0 spiro atoms. The Hall–Kier alpha value is -0.890. The van der Waals surface area contributed by atoms with E-state index < -0.39 is 5.67 Å². The average molecular weight is 263 g/mol. The number of alkyl halides is 1. The van der Waals surface area contributed by atoms with Crippen molar-refractivity contribution >= 4 is 0 Å². The van der Waals surface area contributed by atoms with Gasteiger partial charge in [-0.25, -0.2) is 4.39 Å². The molecule has 0 radical (unpaired) electrons. The molecule has 1 N–H and O–H groups in total. The largest absolute Gasteiger partial charge is 0.314 e. The zero-order chi connectivity index (χ0) is 13.7. The number of aryl methyl sites for hydroxylation is 1. The van der Waals surface area contributed by atoms with E-state index in [0.717, 1.165) is 24.9 Å². The molecule has 2 atom stereocenters. The highest BCUT2D eigenvalue weighted by Gasteiger charge is 2.28. The first-order valence-electron chi connectivity index (χ1n) is 7.59. The van der Waals surface area contributed by atoms with Gasteiger partial charge in [-0.3, -0.25) is 0 Å². The predicted molar refractivity (Wildman–Crippen MR) is 79.3 cm³/mol. The lowest BCUT2D eigenvalue weighted by Crippen LogP contribution is -2.40. The highest BCUT2D eigenvalue weighted by atomic mass is 19.1. The number of rotatable bonds is 5. The molecule has 1 aliphatic rings. The minimum Gasteiger partial charge on any atom is -0.314 e. The smallest absolute Gasteiger partial charge is 0.113 e. The van der Waals surface area contributed by atoms with Crippen molar-refractivity contribution in [3.63, 3.8) is 0 Å². The second-order valence-electron chi connectivity index (χ2n) is 6.11. The SMILES string of the molecule is CCc1ccc(CC(C)(F)CC2CCCCN2)cc1. The van der Waals surface area contributed by atoms with Gasteiger partial charge in [0.25, 0.3) is 0 Å². The molecule has 2 rings (SSSR count). The third-order valence-corrected chi connectivity index (χ3v) is 4.09. The molecule has 0 bridgehead atoms. The van der Waals surface area contributed by atoms with E-state index in [1.165, 1.54) is 18.4 Å². The summed E-state index contributed by atoms with van der Waals surface area (Å²) in [5.74, 6) is 0. The lowest BCUT2D eigenvalue weighted by Gasteiger charge is -2.30. The van der Waals surface area contributed by atoms with Gasteiger partial charge >= 0.3 is 0 Å². The fourth-order valence-corrected chi connectivity index (χ4v) is 3.00. The number of nitrogens with one attached hydrogen (secondary N) is 1. The average Bonchev–Trinajstić information content (AvgIpc) is 2.39. The van der Waals surface area contributed by atoms with Crippen LogP contribution in [0.25, 0.3) is 0 Å². The van der Waals surface area contributed by atoms with Gasteiger partial charge in [-0.15, -0.1) is 0 Å². The van der Waals surface area contributed by atoms with E-state index in [1.54, 1.807) is 6.92 Å². The predicted octanol–water partition coefficient (Wildman–Crippen LogP) is 4.05. The van der Waals surface area contributed by atoms with E-state index in [4.69, 9.17) is 0 Å². The summed E-state index contributed by atoms with van der Waals surface area (Å²) in [4.78, 5) is 0. The Morgan fingerprint density at radius 3 is 2.47 bits per heavy atom. The number of piperidine rings is 1. The molecule has 1 fully saturated rings. The Bertz CT molecular complexity index is 377. The van der Waals surface area contributed by atoms with E-state index >= 15 is 0 Å². The molecule has 2 heteroatoms. The van der Waals surface area contributed by atoms with Crippen molar-refractivity contribution in [2.24, 2.45) is 0 Å². The Morgan fingerprint density at radius 2 is 1.89 bits per heavy atom. The van der Waals surface area contributed by atoms with Gasteiger partial charge in [0.2, 0.25) is 0 Å². The quantitative estimate of drug-likeness (QED) is 0.845. The molecule has 1 aromatic rings. The summed E-state index contributed by atoms with van der Waals surface area (Å²) >= 11 is 0. The van der Waals surface area contributed by atoms with Crippen molar-refractivity contribution in [1.29, 1.82) is 0 Å². The van der Waals surface area contributed by atoms with Gasteiger partial charge in [0, 0.05) is 12.5 Å². The van der Waals surface area contributed by atoms with Crippen molar-refractivity contribution < 1.29 is 4.39 Å². The van der Waals surface area contributed by atoms with Gasteiger partial charge in [0.1, 0.15) is 5.67 Å². The second-order valence-corrected chi connectivity index (χ2v) is 6.11. The van der Waals surface area contributed by atoms with Gasteiger partial charge in [-0.05, 0) is 50.3 Å². The molecule has 2 unspecified atom stereocenters. The summed E-state index contributed by atoms with van der Waals surface area (Å²) < 4.78 is 14.7. The number of benzene rings is 1. The van der Waals surface area contributed by atoms with Crippen molar-refractivity contribution in [2.45, 2.75) is 64.1 Å². The number of hydrogen-bond acceptors (Lipinski definition) is 1. The van der Waals surface area contributed by atoms with E-state index in [1.807, 2.05) is 0 Å². The van der Waals surface area contributed by atoms with Crippen LogP contribution in [0.2, 0.25) is 0 Å². The van der Waals surface area contributed by atoms with Crippen LogP contribution < -0.4 is 5.32 Å². The molecule has 1 aromatic carbocycles. The number of halogens is 1. The molecule has 1 nitrogen and oxygen atoms in total. The fraction of sp³-hybridized carbons (Fsp3) is 0.647. The maximum absolute atomic E-state index is 14.7. The van der Waals surface area contributed by atoms with Crippen LogP contribution in [0.3, 0.4) is 0 Å². The highest BCUT2D eigenvalue weighted by molar-refractivity contribution is 5.23. The zero-order valence-electron chi connectivity index (χ0n) is 12.2. The molecule has 0 amide bonds. The van der Waals surface area contributed by atoms with Crippen LogP contribution in [0.5, 0.6) is 0 Å². The van der Waals surface area contributed by atoms with Crippen LogP contribution in [0.1, 0.15) is 50.7 Å². The third-order valence-electron chi connectivity index (χ3n) is 4.09. The molecular formula is C17H26FN. The van der Waals surface area contributed by atoms with Crippen LogP contribution >= 0.6 is 0 Å². The standard InChI is InChI=1S/C17H26FN/c1-3-14-7-9-15(10-8-14)12-17(2,18)13-16-6-4-5-11-19-16/h7-10,16,19H,3-6,11-13H2,1-2H3. The van der Waals surface area contributed by atoms with Gasteiger partial charge in [0.05, 0.1) is 0 Å². The summed E-state index contributed by atoms with van der Waals surface area (Å²) in [5.41, 5.74) is 1.32. The van der Waals surface area contributed by atoms with E-state index in [-0.39, 0.29) is 0 Å². The van der Waals surface area contributed by atoms with E-state index in [0.29, 0.717) is 18.9 Å². The van der Waals surface area contributed by atoms with E-state index in [9.17, 15) is 4.39 Å². The van der Waals surface area contributed by atoms with Gasteiger partial charge in [0.15, 0.2) is 0 Å². The van der Waals surface area contributed by atoms with E-state index in [2.05, 4.69) is 36.5 Å². The zero-order valence-corrected chi connectivity index (χ0v) is 12.2. The van der Waals surface area contributed by atoms with Crippen molar-refractivity contribution in [1.82, 2.24) is 5.32 Å². The van der Waals surface area contributed by atoms with Crippen LogP contribution in [0, 0.1) is 0 Å². The minimum atomic E-state index is -1.11. The van der Waals surface area contributed by atoms with Gasteiger partial charge in [-0.1, -0.05) is 37.6 Å². The van der Waals surface area contributed by atoms with Gasteiger partial charge < -0.3 is 5.32 Å². The maximum Gasteiger partial charge on any atom is 0.113 e. The number of hydrogen-bond donors (Lipinski definition) is 1. The van der Waals surface area contributed by atoms with Crippen molar-refractivity contribution in [3.05, 3.63) is 35.4 Å². The lowest BCUT2D eigenvalue weighted by molar-refractivity contribution is 0.146. The first-order chi connectivity index (χ1) is 9.09. The maximum atomic E-state index is 14.7. The van der Waals surface area contributed by atoms with Crippen LogP contribution in [0.15, 0.2) is 24.3 Å². The summed E-state index contributed by atoms with van der Waals surface area (Å²) in [7, 11) is 0. The molecule has 1 saturated heterocycles. The fourth-order valence-electron chi connectivity index (χ4n) is 3.00. The van der Waals surface area contributed by atoms with Crippen LogP contribution in [-0.2, 0) is 12.8 Å². The van der Waals surface area contributed by atoms with Crippen LogP contribution in [-0.4, -0.2) is 18.3 Å². The van der Waals surface area contributed by atoms with Crippen molar-refractivity contribution in [2.75, 3.05) is 6.54 Å². The molecular weight excluding hydrogens is 237 g/mol. The van der Waals surface area contributed by atoms with Crippen LogP contribution in [0.4, 0.5) is 4.39 Å².